The molecule has 0 aromatic heterocycles. The van der Waals surface area contributed by atoms with Crippen LogP contribution < -0.4 is 10.1 Å². The van der Waals surface area contributed by atoms with Crippen molar-refractivity contribution in [3.05, 3.63) is 64.2 Å². The number of hydrogen-bond donors (Lipinski definition) is 1. The molecule has 2 aliphatic rings. The van der Waals surface area contributed by atoms with Crippen LogP contribution in [0.4, 0.5) is 4.79 Å². The summed E-state index contributed by atoms with van der Waals surface area (Å²) in [6, 6.07) is 12.4. The van der Waals surface area contributed by atoms with E-state index in [1.165, 1.54) is 4.90 Å². The summed E-state index contributed by atoms with van der Waals surface area (Å²) < 4.78 is 10.9. The fraction of sp³-hybridized carbons (Fsp3) is 0.300. The van der Waals surface area contributed by atoms with Crippen LogP contribution >= 0.6 is 11.6 Å². The van der Waals surface area contributed by atoms with E-state index in [1.807, 2.05) is 37.3 Å². The number of halogens is 1. The van der Waals surface area contributed by atoms with Gasteiger partial charge in [-0.15, -0.1) is 0 Å². The molecule has 2 heterocycles. The van der Waals surface area contributed by atoms with Crippen LogP contribution in [-0.4, -0.2) is 23.6 Å². The molecule has 0 spiro atoms. The molecule has 0 saturated carbocycles. The highest BCUT2D eigenvalue weighted by atomic mass is 35.5. The Labute approximate surface area is 162 Å². The SMILES string of the molecule is CCC1(c2ccccc2)NC(=O)N(Cc2cc(Cl)cc3c2OCOC3)C1=O. The number of nitrogens with zero attached hydrogens (tertiary/aromatic N) is 1. The topological polar surface area (TPSA) is 67.9 Å². The quantitative estimate of drug-likeness (QED) is 0.816. The normalized spacial score (nSPS) is 21.6. The van der Waals surface area contributed by atoms with Gasteiger partial charge < -0.3 is 14.8 Å². The third-order valence-electron chi connectivity index (χ3n) is 5.05. The predicted molar refractivity (Wildman–Crippen MR) is 99.2 cm³/mol. The van der Waals surface area contributed by atoms with Gasteiger partial charge in [0.2, 0.25) is 0 Å². The van der Waals surface area contributed by atoms with Gasteiger partial charge in [0.25, 0.3) is 5.91 Å². The minimum absolute atomic E-state index is 0.0855. The number of urea groups is 1. The van der Waals surface area contributed by atoms with E-state index >= 15 is 0 Å². The van der Waals surface area contributed by atoms with Crippen molar-refractivity contribution in [3.8, 4) is 5.75 Å². The van der Waals surface area contributed by atoms with Crippen molar-refractivity contribution >= 4 is 23.5 Å². The van der Waals surface area contributed by atoms with Crippen LogP contribution in [0.2, 0.25) is 5.02 Å². The highest BCUT2D eigenvalue weighted by Gasteiger charge is 2.51. The zero-order valence-corrected chi connectivity index (χ0v) is 15.6. The second-order valence-corrected chi connectivity index (χ2v) is 7.05. The van der Waals surface area contributed by atoms with Gasteiger partial charge in [-0.1, -0.05) is 48.9 Å². The maximum atomic E-state index is 13.3. The molecule has 6 nitrogen and oxygen atoms in total. The molecule has 27 heavy (non-hydrogen) atoms. The number of carbonyl (C=O) groups is 2. The van der Waals surface area contributed by atoms with E-state index in [0.717, 1.165) is 11.1 Å². The smallest absolute Gasteiger partial charge is 0.325 e. The van der Waals surface area contributed by atoms with Gasteiger partial charge in [0.05, 0.1) is 13.2 Å². The maximum absolute atomic E-state index is 13.3. The Morgan fingerprint density at radius 2 is 2.00 bits per heavy atom. The summed E-state index contributed by atoms with van der Waals surface area (Å²) in [5, 5.41) is 3.40. The molecule has 1 unspecified atom stereocenters. The first-order valence-electron chi connectivity index (χ1n) is 8.76. The van der Waals surface area contributed by atoms with E-state index in [2.05, 4.69) is 5.32 Å². The standard InChI is InChI=1S/C20H19ClN2O4/c1-2-20(15-6-4-3-5-7-15)18(24)23(19(25)22-20)10-13-8-16(21)9-14-11-26-12-27-17(13)14/h3-9H,2,10-12H2,1H3,(H,22,25). The van der Waals surface area contributed by atoms with E-state index in [4.69, 9.17) is 21.1 Å². The molecule has 4 rings (SSSR count). The van der Waals surface area contributed by atoms with E-state index in [9.17, 15) is 9.59 Å². The number of nitrogens with one attached hydrogen (secondary N) is 1. The molecule has 0 bridgehead atoms. The Bertz CT molecular complexity index is 902. The number of imide groups is 1. The Morgan fingerprint density at radius 3 is 2.74 bits per heavy atom. The lowest BCUT2D eigenvalue weighted by molar-refractivity contribution is -0.132. The highest BCUT2D eigenvalue weighted by Crippen LogP contribution is 2.36. The molecule has 3 amide bonds. The van der Waals surface area contributed by atoms with Crippen molar-refractivity contribution in [2.24, 2.45) is 0 Å². The lowest BCUT2D eigenvalue weighted by Crippen LogP contribution is -2.43. The number of rotatable bonds is 4. The average Bonchev–Trinajstić information content (AvgIpc) is 2.93. The van der Waals surface area contributed by atoms with E-state index < -0.39 is 11.6 Å². The predicted octanol–water partition coefficient (Wildman–Crippen LogP) is 3.56. The number of carbonyl (C=O) groups excluding carboxylic acids is 2. The number of benzene rings is 2. The van der Waals surface area contributed by atoms with Crippen LogP contribution in [0.5, 0.6) is 5.75 Å². The summed E-state index contributed by atoms with van der Waals surface area (Å²) in [5.74, 6) is 0.349. The van der Waals surface area contributed by atoms with Gasteiger partial charge >= 0.3 is 6.03 Å². The first-order valence-corrected chi connectivity index (χ1v) is 9.14. The lowest BCUT2D eigenvalue weighted by Gasteiger charge is -2.26. The van der Waals surface area contributed by atoms with Gasteiger partial charge in [0, 0.05) is 16.1 Å². The monoisotopic (exact) mass is 386 g/mol. The molecular formula is C20H19ClN2O4. The van der Waals surface area contributed by atoms with Crippen molar-refractivity contribution in [2.75, 3.05) is 6.79 Å². The molecule has 0 radical (unpaired) electrons. The molecule has 7 heteroatoms. The van der Waals surface area contributed by atoms with Gasteiger partial charge in [-0.2, -0.15) is 0 Å². The van der Waals surface area contributed by atoms with Gasteiger partial charge in [-0.3, -0.25) is 9.69 Å². The second kappa shape index (κ2) is 6.87. The zero-order chi connectivity index (χ0) is 19.0. The Hall–Kier alpha value is -2.57. The molecule has 1 atom stereocenters. The molecule has 1 fully saturated rings. The van der Waals surface area contributed by atoms with E-state index in [-0.39, 0.29) is 19.2 Å². The van der Waals surface area contributed by atoms with E-state index in [1.54, 1.807) is 12.1 Å². The fourth-order valence-electron chi connectivity index (χ4n) is 3.68. The first-order chi connectivity index (χ1) is 13.0. The highest BCUT2D eigenvalue weighted by molar-refractivity contribution is 6.30. The van der Waals surface area contributed by atoms with Crippen LogP contribution in [0.15, 0.2) is 42.5 Å². The van der Waals surface area contributed by atoms with Crippen molar-refractivity contribution in [1.29, 1.82) is 0 Å². The van der Waals surface area contributed by atoms with E-state index in [0.29, 0.717) is 29.4 Å². The first kappa shape index (κ1) is 17.8. The van der Waals surface area contributed by atoms with Crippen LogP contribution in [-0.2, 0) is 28.2 Å². The number of hydrogen-bond acceptors (Lipinski definition) is 4. The van der Waals surface area contributed by atoms with Crippen LogP contribution in [0.25, 0.3) is 0 Å². The van der Waals surface area contributed by atoms with Crippen molar-refractivity contribution in [2.45, 2.75) is 32.0 Å². The molecule has 140 valence electrons. The molecular weight excluding hydrogens is 368 g/mol. The number of ether oxygens (including phenoxy) is 2. The molecule has 2 aromatic rings. The summed E-state index contributed by atoms with van der Waals surface area (Å²) in [7, 11) is 0. The van der Waals surface area contributed by atoms with Crippen LogP contribution in [0.1, 0.15) is 30.0 Å². The summed E-state index contributed by atoms with van der Waals surface area (Å²) in [4.78, 5) is 27.2. The minimum atomic E-state index is -1.05. The third kappa shape index (κ3) is 2.95. The Kier molecular flexibility index (Phi) is 4.53. The molecule has 1 N–H and O–H groups in total. The second-order valence-electron chi connectivity index (χ2n) is 6.61. The van der Waals surface area contributed by atoms with Crippen molar-refractivity contribution in [1.82, 2.24) is 10.2 Å². The molecule has 2 aliphatic heterocycles. The summed E-state index contributed by atoms with van der Waals surface area (Å²) in [6.45, 7) is 2.48. The average molecular weight is 387 g/mol. The molecule has 2 aromatic carbocycles. The van der Waals surface area contributed by atoms with Crippen LogP contribution in [0.3, 0.4) is 0 Å². The van der Waals surface area contributed by atoms with Gasteiger partial charge in [0.1, 0.15) is 11.3 Å². The summed E-state index contributed by atoms with van der Waals surface area (Å²) in [6.07, 6.45) is 0.454. The van der Waals surface area contributed by atoms with Crippen molar-refractivity contribution in [3.63, 3.8) is 0 Å². The summed E-state index contributed by atoms with van der Waals surface area (Å²) >= 11 is 6.20. The van der Waals surface area contributed by atoms with Gasteiger partial charge in [-0.05, 0) is 24.1 Å². The third-order valence-corrected chi connectivity index (χ3v) is 5.27. The Morgan fingerprint density at radius 1 is 1.22 bits per heavy atom. The minimum Gasteiger partial charge on any atom is -0.467 e. The maximum Gasteiger partial charge on any atom is 0.325 e. The molecule has 0 aliphatic carbocycles. The summed E-state index contributed by atoms with van der Waals surface area (Å²) in [5.41, 5.74) is 1.21. The van der Waals surface area contributed by atoms with Gasteiger partial charge in [0.15, 0.2) is 6.79 Å². The zero-order valence-electron chi connectivity index (χ0n) is 14.8. The van der Waals surface area contributed by atoms with Gasteiger partial charge in [-0.25, -0.2) is 4.79 Å². The Balaban J connectivity index is 1.69. The van der Waals surface area contributed by atoms with Crippen LogP contribution in [0, 0.1) is 0 Å². The number of fused-ring (bicyclic) bond motifs is 1. The molecule has 1 saturated heterocycles. The lowest BCUT2D eigenvalue weighted by atomic mass is 9.87. The fourth-order valence-corrected chi connectivity index (χ4v) is 3.94. The number of amides is 3. The van der Waals surface area contributed by atoms with Crippen molar-refractivity contribution < 1.29 is 19.1 Å². The largest absolute Gasteiger partial charge is 0.467 e.